The minimum atomic E-state index is -1.08. The van der Waals surface area contributed by atoms with Gasteiger partial charge >= 0.3 is 0 Å². The highest BCUT2D eigenvalue weighted by molar-refractivity contribution is 5.60. The molecule has 0 aliphatic carbocycles. The standard InChI is InChI=1S/C7H8I.C2H4O2/c8-6-7-4-2-1-3-5-7;1-2(3)4/h1-5,8H,6H2;1H3,(H,3,4)/q+1;/p-1. The van der Waals surface area contributed by atoms with E-state index in [1.165, 1.54) is 5.56 Å². The monoisotopic (exact) mass is 278 g/mol. The Kier molecular flexibility index (Phi) is 6.75. The van der Waals surface area contributed by atoms with Crippen LogP contribution in [0, 0.1) is 0 Å². The first-order chi connectivity index (χ1) is 5.66. The molecule has 2 nitrogen and oxygen atoms in total. The van der Waals surface area contributed by atoms with Crippen LogP contribution in [-0.4, -0.2) is 5.97 Å². The summed E-state index contributed by atoms with van der Waals surface area (Å²) >= 11 is 2.10. The quantitative estimate of drug-likeness (QED) is 0.412. The second-order valence-electron chi connectivity index (χ2n) is 2.12. The van der Waals surface area contributed by atoms with Gasteiger partial charge in [0.05, 0.1) is 0 Å². The summed E-state index contributed by atoms with van der Waals surface area (Å²) in [5, 5.41) is 8.89. The lowest BCUT2D eigenvalue weighted by Gasteiger charge is -1.84. The fourth-order valence-electron chi connectivity index (χ4n) is 0.574. The second kappa shape index (κ2) is 7.09. The van der Waals surface area contributed by atoms with Crippen molar-refractivity contribution in [1.82, 2.24) is 0 Å². The number of carboxylic acid groups (broad SMARTS) is 1. The van der Waals surface area contributed by atoms with Gasteiger partial charge in [-0.3, -0.25) is 0 Å². The normalized spacial score (nSPS) is 8.17. The Hall–Kier alpha value is -0.580. The molecule has 0 amide bonds. The molecule has 0 unspecified atom stereocenters. The lowest BCUT2D eigenvalue weighted by Crippen LogP contribution is -3.33. The number of hydrogen-bond acceptors (Lipinski definition) is 2. The van der Waals surface area contributed by atoms with Crippen molar-refractivity contribution in [3.8, 4) is 0 Å². The van der Waals surface area contributed by atoms with Gasteiger partial charge in [-0.25, -0.2) is 0 Å². The van der Waals surface area contributed by atoms with E-state index >= 15 is 0 Å². The molecule has 0 bridgehead atoms. The number of carbonyl (C=O) groups is 1. The minimum Gasteiger partial charge on any atom is -0.550 e. The fourth-order valence-corrected chi connectivity index (χ4v) is 1.12. The zero-order chi connectivity index (χ0) is 9.40. The van der Waals surface area contributed by atoms with Crippen LogP contribution in [0.1, 0.15) is 12.5 Å². The van der Waals surface area contributed by atoms with Gasteiger partial charge in [0.15, 0.2) is 4.43 Å². The minimum absolute atomic E-state index is 0.972. The van der Waals surface area contributed by atoms with E-state index in [9.17, 15) is 0 Å². The highest BCUT2D eigenvalue weighted by Crippen LogP contribution is 1.92. The maximum Gasteiger partial charge on any atom is 0.257 e. The number of benzene rings is 1. The summed E-state index contributed by atoms with van der Waals surface area (Å²) in [6.45, 7) is 0.972. The predicted molar refractivity (Wildman–Crippen MR) is 42.2 cm³/mol. The molecule has 0 N–H and O–H groups in total. The number of alkyl halides is 1. The van der Waals surface area contributed by atoms with Crippen LogP contribution < -0.4 is 27.7 Å². The third-order valence-electron chi connectivity index (χ3n) is 1.01. The van der Waals surface area contributed by atoms with Crippen LogP contribution in [0.4, 0.5) is 0 Å². The first-order valence-corrected chi connectivity index (χ1v) is 5.11. The average Bonchev–Trinajstić information content (AvgIpc) is 2.05. The number of carboxylic acids is 1. The Bertz CT molecular complexity index is 217. The van der Waals surface area contributed by atoms with Gasteiger partial charge in [0.25, 0.3) is 22.6 Å². The number of aliphatic carboxylic acids is 1. The van der Waals surface area contributed by atoms with E-state index in [-0.39, 0.29) is 0 Å². The van der Waals surface area contributed by atoms with Gasteiger partial charge in [-0.15, -0.1) is 0 Å². The van der Waals surface area contributed by atoms with Gasteiger partial charge in [0.2, 0.25) is 0 Å². The van der Waals surface area contributed by atoms with Crippen LogP contribution in [0.2, 0.25) is 0 Å². The van der Waals surface area contributed by atoms with E-state index < -0.39 is 5.97 Å². The van der Waals surface area contributed by atoms with Gasteiger partial charge in [0.1, 0.15) is 0 Å². The summed E-state index contributed by atoms with van der Waals surface area (Å²) in [6, 6.07) is 10.5. The first-order valence-electron chi connectivity index (χ1n) is 3.46. The third-order valence-corrected chi connectivity index (χ3v) is 1.96. The Morgan fingerprint density at radius 2 is 1.83 bits per heavy atom. The molecule has 0 spiro atoms. The summed E-state index contributed by atoms with van der Waals surface area (Å²) in [7, 11) is 0. The molecule has 1 aromatic rings. The summed E-state index contributed by atoms with van der Waals surface area (Å²) < 4.78 is 1.15. The van der Waals surface area contributed by atoms with E-state index in [1.807, 2.05) is 6.07 Å². The molecule has 1 aromatic carbocycles. The molecule has 0 heterocycles. The van der Waals surface area contributed by atoms with Gasteiger partial charge in [-0.05, 0) is 12.5 Å². The van der Waals surface area contributed by atoms with Crippen LogP contribution in [-0.2, 0) is 9.22 Å². The molecule has 12 heavy (non-hydrogen) atoms. The number of rotatable bonds is 1. The fraction of sp³-hybridized carbons (Fsp3) is 0.222. The molecule has 0 radical (unpaired) electrons. The van der Waals surface area contributed by atoms with Crippen molar-refractivity contribution in [3.63, 3.8) is 0 Å². The molecule has 0 saturated carbocycles. The second-order valence-corrected chi connectivity index (χ2v) is 2.95. The third kappa shape index (κ3) is 7.53. The zero-order valence-corrected chi connectivity index (χ0v) is 9.15. The molecule has 1 rings (SSSR count). The molecule has 0 aliphatic heterocycles. The van der Waals surface area contributed by atoms with Gasteiger partial charge < -0.3 is 9.90 Å². The zero-order valence-electron chi connectivity index (χ0n) is 6.82. The SMILES string of the molecule is CC(=O)[O-].[IH+]Cc1ccccc1. The van der Waals surface area contributed by atoms with Gasteiger partial charge in [0, 0.05) is 5.97 Å². The molecule has 0 aromatic heterocycles. The number of hydrogen-bond donors (Lipinski definition) is 0. The van der Waals surface area contributed by atoms with Crippen LogP contribution in [0.15, 0.2) is 30.3 Å². The smallest absolute Gasteiger partial charge is 0.257 e. The Morgan fingerprint density at radius 3 is 2.08 bits per heavy atom. The molecule has 0 atom stereocenters. The van der Waals surface area contributed by atoms with E-state index in [0.29, 0.717) is 0 Å². The molecule has 66 valence electrons. The van der Waals surface area contributed by atoms with Crippen molar-refractivity contribution in [1.29, 1.82) is 0 Å². The largest absolute Gasteiger partial charge is 0.550 e. The highest BCUT2D eigenvalue weighted by Gasteiger charge is 1.88. The van der Waals surface area contributed by atoms with Crippen molar-refractivity contribution in [3.05, 3.63) is 35.9 Å². The molecular formula is C9H11IO2. The number of halogens is 1. The van der Waals surface area contributed by atoms with Gasteiger partial charge in [-0.1, -0.05) is 30.3 Å². The molecule has 0 saturated heterocycles. The average molecular weight is 278 g/mol. The molecule has 3 heteroatoms. The van der Waals surface area contributed by atoms with Crippen molar-refractivity contribution in [2.24, 2.45) is 0 Å². The Labute approximate surface area is 85.7 Å². The van der Waals surface area contributed by atoms with Gasteiger partial charge in [-0.2, -0.15) is 0 Å². The maximum absolute atomic E-state index is 8.89. The molecular weight excluding hydrogens is 267 g/mol. The topological polar surface area (TPSA) is 40.1 Å². The van der Waals surface area contributed by atoms with Crippen molar-refractivity contribution in [2.45, 2.75) is 11.4 Å². The predicted octanol–water partition coefficient (Wildman–Crippen LogP) is -2.77. The van der Waals surface area contributed by atoms with Crippen molar-refractivity contribution in [2.75, 3.05) is 0 Å². The van der Waals surface area contributed by atoms with Crippen LogP contribution in [0.5, 0.6) is 0 Å². The Morgan fingerprint density at radius 1 is 1.42 bits per heavy atom. The Balaban J connectivity index is 0.000000261. The van der Waals surface area contributed by atoms with Crippen molar-refractivity contribution < 1.29 is 32.5 Å². The maximum atomic E-state index is 8.89. The van der Waals surface area contributed by atoms with E-state index in [0.717, 1.165) is 11.4 Å². The number of carbonyl (C=O) groups excluding carboxylic acids is 1. The summed E-state index contributed by atoms with van der Waals surface area (Å²) in [4.78, 5) is 8.89. The van der Waals surface area contributed by atoms with E-state index in [4.69, 9.17) is 9.90 Å². The van der Waals surface area contributed by atoms with E-state index in [1.54, 1.807) is 0 Å². The van der Waals surface area contributed by atoms with Crippen LogP contribution >= 0.6 is 0 Å². The lowest BCUT2D eigenvalue weighted by molar-refractivity contribution is -0.386. The summed E-state index contributed by atoms with van der Waals surface area (Å²) in [5.74, 6) is -1.08. The van der Waals surface area contributed by atoms with Crippen LogP contribution in [0.25, 0.3) is 0 Å². The highest BCUT2D eigenvalue weighted by atomic mass is 127. The summed E-state index contributed by atoms with van der Waals surface area (Å²) in [5.41, 5.74) is 1.41. The lowest BCUT2D eigenvalue weighted by atomic mass is 10.2. The summed E-state index contributed by atoms with van der Waals surface area (Å²) in [6.07, 6.45) is 0. The van der Waals surface area contributed by atoms with Crippen LogP contribution in [0.3, 0.4) is 0 Å². The first kappa shape index (κ1) is 11.4. The van der Waals surface area contributed by atoms with Crippen molar-refractivity contribution >= 4 is 5.97 Å². The molecule has 0 aliphatic rings. The van der Waals surface area contributed by atoms with E-state index in [2.05, 4.69) is 46.9 Å². The molecule has 0 fully saturated rings.